The van der Waals surface area contributed by atoms with Gasteiger partial charge in [-0.3, -0.25) is 4.55 Å². The van der Waals surface area contributed by atoms with Gasteiger partial charge in [-0.2, -0.15) is 8.42 Å². The number of nitrogens with zero attached hydrogens (tertiary/aromatic N) is 1. The Labute approximate surface area is 136 Å². The van der Waals surface area contributed by atoms with E-state index in [1.54, 1.807) is 24.3 Å². The molecule has 0 saturated carbocycles. The molecule has 1 aliphatic rings. The van der Waals surface area contributed by atoms with E-state index in [1.807, 2.05) is 0 Å². The molecule has 2 heterocycles. The van der Waals surface area contributed by atoms with Gasteiger partial charge in [-0.15, -0.1) is 0 Å². The number of fused-ring (bicyclic) bond motifs is 2. The summed E-state index contributed by atoms with van der Waals surface area (Å²) in [5, 5.41) is 21.1. The molecule has 4 N–H and O–H groups in total. The fourth-order valence-corrected chi connectivity index (χ4v) is 3.43. The molecule has 0 aliphatic carbocycles. The minimum Gasteiger partial charge on any atom is -0.494 e. The predicted octanol–water partition coefficient (Wildman–Crippen LogP) is 2.29. The summed E-state index contributed by atoms with van der Waals surface area (Å²) in [5.74, 6) is -0.233. The zero-order chi connectivity index (χ0) is 17.1. The van der Waals surface area contributed by atoms with Crippen LogP contribution in [0.2, 0.25) is 0 Å². The molecule has 8 heteroatoms. The average Bonchev–Trinajstić information content (AvgIpc) is 3.02. The number of aromatic amines is 1. The van der Waals surface area contributed by atoms with Crippen molar-refractivity contribution in [3.63, 3.8) is 0 Å². The highest BCUT2D eigenvalue weighted by molar-refractivity contribution is 7.85. The first-order chi connectivity index (χ1) is 11.4. The quantitative estimate of drug-likeness (QED) is 0.531. The Morgan fingerprint density at radius 2 is 1.88 bits per heavy atom. The van der Waals surface area contributed by atoms with Crippen LogP contribution in [0, 0.1) is 0 Å². The van der Waals surface area contributed by atoms with E-state index in [0.29, 0.717) is 22.2 Å². The third-order valence-electron chi connectivity index (χ3n) is 4.04. The second-order valence-electron chi connectivity index (χ2n) is 5.49. The summed E-state index contributed by atoms with van der Waals surface area (Å²) in [4.78, 5) is 6.76. The first kappa shape index (κ1) is 14.9. The number of aromatic nitrogens is 1. The second kappa shape index (κ2) is 4.91. The minimum absolute atomic E-state index is 0.208. The van der Waals surface area contributed by atoms with Crippen LogP contribution in [0.1, 0.15) is 17.2 Å². The molecule has 1 aromatic heterocycles. The lowest BCUT2D eigenvalue weighted by atomic mass is 10.0. The van der Waals surface area contributed by atoms with Crippen molar-refractivity contribution in [1.82, 2.24) is 4.98 Å². The number of H-pyrrole nitrogens is 1. The standard InChI is InChI=1S/C16H12N2O5S/c19-15-9-3-1-2-4-11(9)17-14(15)13-10-7-8(24(21,22)23)5-6-12(10)18-16(13)20/h1-7,15,18-20H,(H,21,22,23). The number of hydrogen-bond donors (Lipinski definition) is 4. The molecule has 3 aromatic rings. The molecule has 1 atom stereocenters. The van der Waals surface area contributed by atoms with Crippen molar-refractivity contribution in [3.05, 3.63) is 53.6 Å². The predicted molar refractivity (Wildman–Crippen MR) is 87.4 cm³/mol. The monoisotopic (exact) mass is 344 g/mol. The molecule has 0 saturated heterocycles. The van der Waals surface area contributed by atoms with Crippen LogP contribution in [-0.4, -0.2) is 33.9 Å². The van der Waals surface area contributed by atoms with Gasteiger partial charge in [0.25, 0.3) is 10.1 Å². The fourth-order valence-electron chi connectivity index (χ4n) is 2.93. The molecule has 7 nitrogen and oxygen atoms in total. The van der Waals surface area contributed by atoms with Crippen molar-refractivity contribution in [2.75, 3.05) is 0 Å². The van der Waals surface area contributed by atoms with Crippen LogP contribution in [0.3, 0.4) is 0 Å². The molecule has 4 rings (SSSR count). The molecule has 0 amide bonds. The molecule has 122 valence electrons. The minimum atomic E-state index is -4.39. The zero-order valence-corrected chi connectivity index (χ0v) is 12.9. The highest BCUT2D eigenvalue weighted by Crippen LogP contribution is 2.40. The molecule has 1 aliphatic heterocycles. The third kappa shape index (κ3) is 2.12. The number of benzene rings is 2. The molecule has 24 heavy (non-hydrogen) atoms. The lowest BCUT2D eigenvalue weighted by Gasteiger charge is -2.08. The Hall–Kier alpha value is -2.68. The maximum Gasteiger partial charge on any atom is 0.294 e. The van der Waals surface area contributed by atoms with Gasteiger partial charge < -0.3 is 15.2 Å². The third-order valence-corrected chi connectivity index (χ3v) is 4.89. The van der Waals surface area contributed by atoms with Gasteiger partial charge in [0.15, 0.2) is 5.88 Å². The maximum absolute atomic E-state index is 11.4. The van der Waals surface area contributed by atoms with Gasteiger partial charge in [0, 0.05) is 16.5 Å². The van der Waals surface area contributed by atoms with Gasteiger partial charge in [0.2, 0.25) is 0 Å². The molecular weight excluding hydrogens is 332 g/mol. The van der Waals surface area contributed by atoms with Gasteiger partial charge in [-0.05, 0) is 24.3 Å². The van der Waals surface area contributed by atoms with E-state index in [2.05, 4.69) is 9.98 Å². The summed E-state index contributed by atoms with van der Waals surface area (Å²) in [5.41, 5.74) is 2.07. The largest absolute Gasteiger partial charge is 0.494 e. The van der Waals surface area contributed by atoms with E-state index in [0.717, 1.165) is 0 Å². The summed E-state index contributed by atoms with van der Waals surface area (Å²) < 4.78 is 31.9. The van der Waals surface area contributed by atoms with E-state index in [4.69, 9.17) is 0 Å². The zero-order valence-electron chi connectivity index (χ0n) is 12.1. The molecule has 2 aromatic carbocycles. The SMILES string of the molecule is O=S(=O)(O)c1ccc2[nH]c(O)c(C3=Nc4ccccc4C3O)c2c1. The normalized spacial score (nSPS) is 17.1. The first-order valence-electron chi connectivity index (χ1n) is 7.04. The van der Waals surface area contributed by atoms with Crippen molar-refractivity contribution in [2.24, 2.45) is 4.99 Å². The number of hydrogen-bond acceptors (Lipinski definition) is 5. The van der Waals surface area contributed by atoms with Gasteiger partial charge >= 0.3 is 0 Å². The number of aliphatic imine (C=N–C) groups is 1. The van der Waals surface area contributed by atoms with E-state index < -0.39 is 16.2 Å². The summed E-state index contributed by atoms with van der Waals surface area (Å²) in [7, 11) is -4.39. The summed E-state index contributed by atoms with van der Waals surface area (Å²) >= 11 is 0. The second-order valence-corrected chi connectivity index (χ2v) is 6.91. The van der Waals surface area contributed by atoms with E-state index in [9.17, 15) is 23.2 Å². The molecule has 0 radical (unpaired) electrons. The summed E-state index contributed by atoms with van der Waals surface area (Å²) in [6, 6.07) is 10.9. The smallest absolute Gasteiger partial charge is 0.294 e. The van der Waals surface area contributed by atoms with Crippen molar-refractivity contribution >= 4 is 32.4 Å². The number of aromatic hydroxyl groups is 1. The Balaban J connectivity index is 1.97. The number of aliphatic hydroxyl groups excluding tert-OH is 1. The van der Waals surface area contributed by atoms with Crippen LogP contribution in [-0.2, 0) is 10.1 Å². The topological polar surface area (TPSA) is 123 Å². The van der Waals surface area contributed by atoms with Crippen molar-refractivity contribution in [3.8, 4) is 5.88 Å². The number of rotatable bonds is 2. The Morgan fingerprint density at radius 3 is 2.58 bits per heavy atom. The van der Waals surface area contributed by atoms with Crippen LogP contribution in [0.25, 0.3) is 10.9 Å². The lowest BCUT2D eigenvalue weighted by Crippen LogP contribution is -2.09. The highest BCUT2D eigenvalue weighted by Gasteiger charge is 2.30. The van der Waals surface area contributed by atoms with Crippen LogP contribution < -0.4 is 0 Å². The summed E-state index contributed by atoms with van der Waals surface area (Å²) in [6.07, 6.45) is -1.04. The molecule has 0 spiro atoms. The van der Waals surface area contributed by atoms with Crippen molar-refractivity contribution in [1.29, 1.82) is 0 Å². The number of para-hydroxylation sites is 1. The van der Waals surface area contributed by atoms with Gasteiger partial charge in [-0.1, -0.05) is 18.2 Å². The Kier molecular flexibility index (Phi) is 3.04. The van der Waals surface area contributed by atoms with E-state index >= 15 is 0 Å². The van der Waals surface area contributed by atoms with Crippen LogP contribution >= 0.6 is 0 Å². The van der Waals surface area contributed by atoms with E-state index in [1.165, 1.54) is 18.2 Å². The fraction of sp³-hybridized carbons (Fsp3) is 0.0625. The Morgan fingerprint density at radius 1 is 1.12 bits per heavy atom. The molecule has 1 unspecified atom stereocenters. The number of nitrogens with one attached hydrogen (secondary N) is 1. The highest BCUT2D eigenvalue weighted by atomic mass is 32.2. The van der Waals surface area contributed by atoms with Gasteiger partial charge in [-0.25, -0.2) is 4.99 Å². The van der Waals surface area contributed by atoms with Gasteiger partial charge in [0.05, 0.1) is 21.9 Å². The summed E-state index contributed by atoms with van der Waals surface area (Å²) in [6.45, 7) is 0. The number of aliphatic hydroxyl groups is 1. The van der Waals surface area contributed by atoms with Crippen LogP contribution in [0.5, 0.6) is 5.88 Å². The van der Waals surface area contributed by atoms with Gasteiger partial charge in [0.1, 0.15) is 6.10 Å². The van der Waals surface area contributed by atoms with Crippen molar-refractivity contribution < 1.29 is 23.2 Å². The lowest BCUT2D eigenvalue weighted by molar-refractivity contribution is 0.252. The first-order valence-corrected chi connectivity index (χ1v) is 8.48. The van der Waals surface area contributed by atoms with Crippen LogP contribution in [0.15, 0.2) is 52.4 Å². The van der Waals surface area contributed by atoms with Crippen molar-refractivity contribution in [2.45, 2.75) is 11.0 Å². The van der Waals surface area contributed by atoms with E-state index in [-0.39, 0.29) is 22.1 Å². The molecular formula is C16H12N2O5S. The van der Waals surface area contributed by atoms with Crippen LogP contribution in [0.4, 0.5) is 5.69 Å². The molecule has 0 bridgehead atoms. The maximum atomic E-state index is 11.4. The Bertz CT molecular complexity index is 1110. The molecule has 0 fully saturated rings. The average molecular weight is 344 g/mol.